The van der Waals surface area contributed by atoms with Gasteiger partial charge < -0.3 is 10.2 Å². The lowest BCUT2D eigenvalue weighted by Crippen LogP contribution is -2.51. The largest absolute Gasteiger partial charge is 0.381 e. The molecule has 0 amide bonds. The zero-order valence-electron chi connectivity index (χ0n) is 14.3. The van der Waals surface area contributed by atoms with Crippen molar-refractivity contribution >= 4 is 11.4 Å². The Morgan fingerprint density at radius 2 is 1.77 bits per heavy atom. The second-order valence-electron chi connectivity index (χ2n) is 7.19. The fourth-order valence-corrected chi connectivity index (χ4v) is 3.19. The number of nitrogens with one attached hydrogen (secondary N) is 1. The molecule has 0 radical (unpaired) electrons. The highest BCUT2D eigenvalue weighted by molar-refractivity contribution is 5.75. The van der Waals surface area contributed by atoms with Crippen molar-refractivity contribution in [1.29, 1.82) is 0 Å². The number of aryl methyl sites for hydroxylation is 3. The number of anilines is 2. The van der Waals surface area contributed by atoms with Crippen molar-refractivity contribution in [3.05, 3.63) is 58.7 Å². The number of nitrogens with zero attached hydrogens (tertiary/aromatic N) is 1. The Balaban J connectivity index is 2.03. The van der Waals surface area contributed by atoms with Crippen molar-refractivity contribution in [2.75, 3.05) is 16.8 Å². The minimum Gasteiger partial charge on any atom is -0.381 e. The van der Waals surface area contributed by atoms with Gasteiger partial charge in [-0.05, 0) is 63.4 Å². The fourth-order valence-electron chi connectivity index (χ4n) is 3.19. The first-order valence-electron chi connectivity index (χ1n) is 8.05. The first-order valence-corrected chi connectivity index (χ1v) is 8.05. The summed E-state index contributed by atoms with van der Waals surface area (Å²) in [6, 6.07) is 13.4. The zero-order valence-corrected chi connectivity index (χ0v) is 14.3. The summed E-state index contributed by atoms with van der Waals surface area (Å²) in [5.41, 5.74) is 8.08. The molecule has 2 aromatic rings. The first-order chi connectivity index (χ1) is 10.4. The highest BCUT2D eigenvalue weighted by Gasteiger charge is 2.32. The van der Waals surface area contributed by atoms with E-state index >= 15 is 0 Å². The predicted octanol–water partition coefficient (Wildman–Crippen LogP) is 4.82. The lowest BCUT2D eigenvalue weighted by Gasteiger charge is -2.46. The summed E-state index contributed by atoms with van der Waals surface area (Å²) in [6.45, 7) is 13.1. The Labute approximate surface area is 134 Å². The van der Waals surface area contributed by atoms with Gasteiger partial charge in [0.05, 0.1) is 16.9 Å². The van der Waals surface area contributed by atoms with E-state index in [1.165, 1.54) is 33.6 Å². The van der Waals surface area contributed by atoms with Gasteiger partial charge in [0.1, 0.15) is 0 Å². The molecular formula is C20H26N2. The molecule has 0 spiro atoms. The van der Waals surface area contributed by atoms with Crippen LogP contribution in [0.25, 0.3) is 0 Å². The topological polar surface area (TPSA) is 15.3 Å². The molecule has 0 aliphatic carbocycles. The van der Waals surface area contributed by atoms with E-state index in [-0.39, 0.29) is 5.54 Å². The summed E-state index contributed by atoms with van der Waals surface area (Å²) >= 11 is 0. The van der Waals surface area contributed by atoms with Crippen molar-refractivity contribution in [3.63, 3.8) is 0 Å². The molecule has 2 heteroatoms. The summed E-state index contributed by atoms with van der Waals surface area (Å²) in [6.07, 6.45) is 0. The average Bonchev–Trinajstić information content (AvgIpc) is 2.45. The normalized spacial score (nSPS) is 16.1. The molecule has 1 aliphatic rings. The van der Waals surface area contributed by atoms with Gasteiger partial charge in [-0.25, -0.2) is 0 Å². The zero-order chi connectivity index (χ0) is 15.9. The van der Waals surface area contributed by atoms with Crippen LogP contribution < -0.4 is 10.2 Å². The summed E-state index contributed by atoms with van der Waals surface area (Å²) in [5, 5.41) is 3.61. The molecule has 1 heterocycles. The number of rotatable bonds is 2. The first kappa shape index (κ1) is 15.0. The molecule has 2 aromatic carbocycles. The van der Waals surface area contributed by atoms with Gasteiger partial charge in [0.15, 0.2) is 0 Å². The van der Waals surface area contributed by atoms with Crippen molar-refractivity contribution < 1.29 is 0 Å². The van der Waals surface area contributed by atoms with Gasteiger partial charge in [0.25, 0.3) is 0 Å². The molecule has 0 saturated carbocycles. The highest BCUT2D eigenvalue weighted by Crippen LogP contribution is 2.38. The molecule has 0 saturated heterocycles. The molecule has 0 aromatic heterocycles. The molecule has 0 bridgehead atoms. The van der Waals surface area contributed by atoms with Crippen LogP contribution in [0.4, 0.5) is 11.4 Å². The Morgan fingerprint density at radius 3 is 2.50 bits per heavy atom. The van der Waals surface area contributed by atoms with E-state index in [1.54, 1.807) is 0 Å². The number of fused-ring (bicyclic) bond motifs is 1. The monoisotopic (exact) mass is 294 g/mol. The van der Waals surface area contributed by atoms with Crippen molar-refractivity contribution in [3.8, 4) is 0 Å². The predicted molar refractivity (Wildman–Crippen MR) is 95.8 cm³/mol. The fraction of sp³-hybridized carbons (Fsp3) is 0.400. The second kappa shape index (κ2) is 5.35. The minimum absolute atomic E-state index is 0.0957. The summed E-state index contributed by atoms with van der Waals surface area (Å²) in [7, 11) is 0. The van der Waals surface area contributed by atoms with Crippen molar-refractivity contribution in [2.24, 2.45) is 0 Å². The maximum absolute atomic E-state index is 3.61. The van der Waals surface area contributed by atoms with Crippen molar-refractivity contribution in [2.45, 2.75) is 46.7 Å². The van der Waals surface area contributed by atoms with Gasteiger partial charge in [-0.2, -0.15) is 0 Å². The Bertz CT molecular complexity index is 701. The minimum atomic E-state index is 0.0957. The van der Waals surface area contributed by atoms with Crippen LogP contribution in [-0.4, -0.2) is 12.1 Å². The standard InChI is InChI=1S/C20H26N2/c1-14-7-6-8-17(9-14)12-22-19-11-16(3)15(2)10-18(19)21-13-20(22,4)5/h6-11,21H,12-13H2,1-5H3. The maximum atomic E-state index is 3.61. The van der Waals surface area contributed by atoms with E-state index in [4.69, 9.17) is 0 Å². The smallest absolute Gasteiger partial charge is 0.0612 e. The quantitative estimate of drug-likeness (QED) is 0.854. The molecule has 2 nitrogen and oxygen atoms in total. The number of hydrogen-bond donors (Lipinski definition) is 1. The third-order valence-corrected chi connectivity index (χ3v) is 4.77. The Hall–Kier alpha value is -1.96. The molecule has 116 valence electrons. The van der Waals surface area contributed by atoms with E-state index in [2.05, 4.69) is 81.2 Å². The van der Waals surface area contributed by atoms with E-state index in [0.29, 0.717) is 0 Å². The molecule has 0 fully saturated rings. The van der Waals surface area contributed by atoms with E-state index in [1.807, 2.05) is 0 Å². The second-order valence-corrected chi connectivity index (χ2v) is 7.19. The van der Waals surface area contributed by atoms with Crippen LogP contribution in [0.1, 0.15) is 36.1 Å². The Kier molecular flexibility index (Phi) is 3.64. The van der Waals surface area contributed by atoms with Crippen LogP contribution in [0.2, 0.25) is 0 Å². The molecule has 1 N–H and O–H groups in total. The van der Waals surface area contributed by atoms with Crippen LogP contribution in [0.5, 0.6) is 0 Å². The molecule has 0 unspecified atom stereocenters. The lowest BCUT2D eigenvalue weighted by atomic mass is 9.94. The highest BCUT2D eigenvalue weighted by atomic mass is 15.3. The van der Waals surface area contributed by atoms with Gasteiger partial charge in [0, 0.05) is 13.1 Å². The van der Waals surface area contributed by atoms with Gasteiger partial charge in [-0.15, -0.1) is 0 Å². The van der Waals surface area contributed by atoms with Crippen molar-refractivity contribution in [1.82, 2.24) is 0 Å². The van der Waals surface area contributed by atoms with Gasteiger partial charge in [0.2, 0.25) is 0 Å². The third-order valence-electron chi connectivity index (χ3n) is 4.77. The van der Waals surface area contributed by atoms with E-state index in [9.17, 15) is 0 Å². The summed E-state index contributed by atoms with van der Waals surface area (Å²) in [5.74, 6) is 0. The molecule has 0 atom stereocenters. The lowest BCUT2D eigenvalue weighted by molar-refractivity contribution is 0.469. The Morgan fingerprint density at radius 1 is 1.05 bits per heavy atom. The van der Waals surface area contributed by atoms with Crippen LogP contribution in [0.15, 0.2) is 36.4 Å². The van der Waals surface area contributed by atoms with E-state index in [0.717, 1.165) is 13.1 Å². The van der Waals surface area contributed by atoms with Crippen LogP contribution >= 0.6 is 0 Å². The van der Waals surface area contributed by atoms with Gasteiger partial charge >= 0.3 is 0 Å². The van der Waals surface area contributed by atoms with E-state index < -0.39 is 0 Å². The van der Waals surface area contributed by atoms with Gasteiger partial charge in [-0.1, -0.05) is 29.8 Å². The maximum Gasteiger partial charge on any atom is 0.0612 e. The molecule has 3 rings (SSSR count). The van der Waals surface area contributed by atoms with Crippen LogP contribution in [0.3, 0.4) is 0 Å². The van der Waals surface area contributed by atoms with Crippen LogP contribution in [0, 0.1) is 20.8 Å². The third kappa shape index (κ3) is 2.70. The number of hydrogen-bond acceptors (Lipinski definition) is 2. The average molecular weight is 294 g/mol. The molecule has 1 aliphatic heterocycles. The van der Waals surface area contributed by atoms with Crippen LogP contribution in [-0.2, 0) is 6.54 Å². The SMILES string of the molecule is Cc1cccc(CN2c3cc(C)c(C)cc3NCC2(C)C)c1. The van der Waals surface area contributed by atoms with Gasteiger partial charge in [-0.3, -0.25) is 0 Å². The molecule has 22 heavy (non-hydrogen) atoms. The number of benzene rings is 2. The summed E-state index contributed by atoms with van der Waals surface area (Å²) < 4.78 is 0. The molecular weight excluding hydrogens is 268 g/mol. The summed E-state index contributed by atoms with van der Waals surface area (Å²) in [4.78, 5) is 2.54.